The van der Waals surface area contributed by atoms with E-state index < -0.39 is 0 Å². The second-order valence-corrected chi connectivity index (χ2v) is 6.11. The molecule has 0 spiro atoms. The van der Waals surface area contributed by atoms with Crippen LogP contribution in [0.2, 0.25) is 0 Å². The van der Waals surface area contributed by atoms with Crippen molar-refractivity contribution in [3.63, 3.8) is 0 Å². The van der Waals surface area contributed by atoms with Crippen molar-refractivity contribution < 1.29 is 4.74 Å². The maximum absolute atomic E-state index is 6.03. The zero-order chi connectivity index (χ0) is 13.1. The molecule has 0 unspecified atom stereocenters. The first-order valence-corrected chi connectivity index (χ1v) is 7.80. The average Bonchev–Trinajstić information content (AvgIpc) is 3.06. The van der Waals surface area contributed by atoms with Gasteiger partial charge in [-0.25, -0.2) is 0 Å². The molecule has 0 aromatic heterocycles. The Hall–Kier alpha value is -1.02. The predicted molar refractivity (Wildman–Crippen MR) is 78.8 cm³/mol. The van der Waals surface area contributed by atoms with E-state index in [0.29, 0.717) is 11.5 Å². The summed E-state index contributed by atoms with van der Waals surface area (Å²) in [6.45, 7) is 4.35. The quantitative estimate of drug-likeness (QED) is 0.842. The zero-order valence-corrected chi connectivity index (χ0v) is 12.0. The number of ether oxygens (including phenoxy) is 1. The topological polar surface area (TPSA) is 21.3 Å². The monoisotopic (exact) mass is 259 g/mol. The van der Waals surface area contributed by atoms with E-state index in [0.717, 1.165) is 18.8 Å². The Labute approximate surface area is 116 Å². The van der Waals surface area contributed by atoms with Gasteiger partial charge in [-0.05, 0) is 62.8 Å². The highest BCUT2D eigenvalue weighted by Gasteiger charge is 2.43. The summed E-state index contributed by atoms with van der Waals surface area (Å²) in [6, 6.07) is 8.88. The van der Waals surface area contributed by atoms with E-state index in [4.69, 9.17) is 4.74 Å². The van der Waals surface area contributed by atoms with Gasteiger partial charge in [-0.1, -0.05) is 19.1 Å². The van der Waals surface area contributed by atoms with Gasteiger partial charge in [-0.3, -0.25) is 0 Å². The van der Waals surface area contributed by atoms with Crippen molar-refractivity contribution in [1.29, 1.82) is 0 Å². The molecule has 0 atom stereocenters. The number of hydrogen-bond donors (Lipinski definition) is 1. The molecule has 2 nitrogen and oxygen atoms in total. The number of benzene rings is 1. The molecule has 2 aliphatic rings. The highest BCUT2D eigenvalue weighted by Crippen LogP contribution is 2.47. The summed E-state index contributed by atoms with van der Waals surface area (Å²) in [6.07, 6.45) is 8.22. The van der Waals surface area contributed by atoms with Crippen LogP contribution in [0.3, 0.4) is 0 Å². The summed E-state index contributed by atoms with van der Waals surface area (Å²) in [7, 11) is 0. The first-order chi connectivity index (χ1) is 9.32. The SMILES string of the molecule is CCNCC1(c2ccc(OC3CCCC3)cc2)CC1. The minimum absolute atomic E-state index is 0.419. The number of rotatable bonds is 6. The lowest BCUT2D eigenvalue weighted by Gasteiger charge is -2.18. The minimum atomic E-state index is 0.419. The van der Waals surface area contributed by atoms with Gasteiger partial charge in [0.2, 0.25) is 0 Å². The van der Waals surface area contributed by atoms with E-state index in [1.807, 2.05) is 0 Å². The Kier molecular flexibility index (Phi) is 3.79. The average molecular weight is 259 g/mol. The number of likely N-dealkylation sites (N-methyl/N-ethyl adjacent to an activating group) is 1. The maximum atomic E-state index is 6.03. The normalized spacial score (nSPS) is 21.5. The lowest BCUT2D eigenvalue weighted by atomic mass is 9.96. The summed E-state index contributed by atoms with van der Waals surface area (Å²) < 4.78 is 6.03. The molecule has 3 rings (SSSR count). The van der Waals surface area contributed by atoms with Crippen molar-refractivity contribution >= 4 is 0 Å². The Morgan fingerprint density at radius 2 is 1.84 bits per heavy atom. The Bertz CT molecular complexity index is 402. The van der Waals surface area contributed by atoms with E-state index in [1.165, 1.54) is 44.1 Å². The molecule has 0 amide bonds. The first kappa shape index (κ1) is 13.0. The lowest BCUT2D eigenvalue weighted by molar-refractivity contribution is 0.210. The summed E-state index contributed by atoms with van der Waals surface area (Å²) >= 11 is 0. The standard InChI is InChI=1S/C17H25NO/c1-2-18-13-17(11-12-17)14-7-9-16(10-8-14)19-15-5-3-4-6-15/h7-10,15,18H,2-6,11-13H2,1H3. The fraction of sp³-hybridized carbons (Fsp3) is 0.647. The van der Waals surface area contributed by atoms with Crippen LogP contribution in [0.25, 0.3) is 0 Å². The molecule has 2 aliphatic carbocycles. The molecule has 0 saturated heterocycles. The fourth-order valence-corrected chi connectivity index (χ4v) is 3.17. The van der Waals surface area contributed by atoms with Crippen molar-refractivity contribution in [2.24, 2.45) is 0 Å². The molecule has 104 valence electrons. The molecule has 2 saturated carbocycles. The Morgan fingerprint density at radius 3 is 2.42 bits per heavy atom. The van der Waals surface area contributed by atoms with Crippen LogP contribution < -0.4 is 10.1 Å². The van der Waals surface area contributed by atoms with Crippen LogP contribution in [-0.2, 0) is 5.41 Å². The molecular formula is C17H25NO. The molecule has 2 fully saturated rings. The van der Waals surface area contributed by atoms with E-state index in [-0.39, 0.29) is 0 Å². The second kappa shape index (κ2) is 5.54. The third-order valence-corrected chi connectivity index (χ3v) is 4.64. The van der Waals surface area contributed by atoms with Gasteiger partial charge in [0, 0.05) is 12.0 Å². The molecule has 1 aromatic carbocycles. The largest absolute Gasteiger partial charge is 0.490 e. The summed E-state index contributed by atoms with van der Waals surface area (Å²) in [5, 5.41) is 3.49. The van der Waals surface area contributed by atoms with Gasteiger partial charge >= 0.3 is 0 Å². The van der Waals surface area contributed by atoms with E-state index >= 15 is 0 Å². The molecular weight excluding hydrogens is 234 g/mol. The van der Waals surface area contributed by atoms with Gasteiger partial charge in [-0.15, -0.1) is 0 Å². The van der Waals surface area contributed by atoms with Crippen LogP contribution in [0.4, 0.5) is 0 Å². The molecule has 0 aliphatic heterocycles. The van der Waals surface area contributed by atoms with Gasteiger partial charge in [0.05, 0.1) is 6.10 Å². The molecule has 0 radical (unpaired) electrons. The van der Waals surface area contributed by atoms with E-state index in [2.05, 4.69) is 36.5 Å². The molecule has 2 heteroatoms. The lowest BCUT2D eigenvalue weighted by Crippen LogP contribution is -2.26. The molecule has 0 bridgehead atoms. The van der Waals surface area contributed by atoms with Crippen molar-refractivity contribution in [2.75, 3.05) is 13.1 Å². The van der Waals surface area contributed by atoms with Gasteiger partial charge < -0.3 is 10.1 Å². The van der Waals surface area contributed by atoms with Gasteiger partial charge in [0.1, 0.15) is 5.75 Å². The maximum Gasteiger partial charge on any atom is 0.119 e. The smallest absolute Gasteiger partial charge is 0.119 e. The van der Waals surface area contributed by atoms with E-state index in [9.17, 15) is 0 Å². The van der Waals surface area contributed by atoms with Crippen LogP contribution in [0.1, 0.15) is 51.0 Å². The predicted octanol–water partition coefficient (Wildman–Crippen LogP) is 3.65. The molecule has 1 N–H and O–H groups in total. The van der Waals surface area contributed by atoms with Gasteiger partial charge in [-0.2, -0.15) is 0 Å². The highest BCUT2D eigenvalue weighted by atomic mass is 16.5. The van der Waals surface area contributed by atoms with Gasteiger partial charge in [0.25, 0.3) is 0 Å². The molecule has 19 heavy (non-hydrogen) atoms. The Morgan fingerprint density at radius 1 is 1.16 bits per heavy atom. The second-order valence-electron chi connectivity index (χ2n) is 6.11. The number of hydrogen-bond acceptors (Lipinski definition) is 2. The van der Waals surface area contributed by atoms with Crippen molar-refractivity contribution in [1.82, 2.24) is 5.32 Å². The third kappa shape index (κ3) is 2.94. The summed E-state index contributed by atoms with van der Waals surface area (Å²) in [5.74, 6) is 1.05. The highest BCUT2D eigenvalue weighted by molar-refractivity contribution is 5.36. The van der Waals surface area contributed by atoms with Crippen LogP contribution in [0.5, 0.6) is 5.75 Å². The summed E-state index contributed by atoms with van der Waals surface area (Å²) in [5.41, 5.74) is 1.90. The van der Waals surface area contributed by atoms with Gasteiger partial charge in [0.15, 0.2) is 0 Å². The van der Waals surface area contributed by atoms with E-state index in [1.54, 1.807) is 0 Å². The fourth-order valence-electron chi connectivity index (χ4n) is 3.17. The zero-order valence-electron chi connectivity index (χ0n) is 12.0. The van der Waals surface area contributed by atoms with Crippen LogP contribution >= 0.6 is 0 Å². The minimum Gasteiger partial charge on any atom is -0.490 e. The molecule has 0 heterocycles. The van der Waals surface area contributed by atoms with Crippen molar-refractivity contribution in [3.8, 4) is 5.75 Å². The summed E-state index contributed by atoms with van der Waals surface area (Å²) in [4.78, 5) is 0. The van der Waals surface area contributed by atoms with Crippen LogP contribution in [0.15, 0.2) is 24.3 Å². The van der Waals surface area contributed by atoms with Crippen LogP contribution in [-0.4, -0.2) is 19.2 Å². The molecule has 1 aromatic rings. The van der Waals surface area contributed by atoms with Crippen molar-refractivity contribution in [2.45, 2.75) is 57.0 Å². The number of nitrogens with one attached hydrogen (secondary N) is 1. The van der Waals surface area contributed by atoms with Crippen LogP contribution in [0, 0.1) is 0 Å². The third-order valence-electron chi connectivity index (χ3n) is 4.64. The van der Waals surface area contributed by atoms with Crippen molar-refractivity contribution in [3.05, 3.63) is 29.8 Å². The Balaban J connectivity index is 1.62. The first-order valence-electron chi connectivity index (χ1n) is 7.80.